The third-order valence-electron chi connectivity index (χ3n) is 4.61. The van der Waals surface area contributed by atoms with E-state index < -0.39 is 0 Å². The molecule has 152 valence electrons. The van der Waals surface area contributed by atoms with Gasteiger partial charge in [-0.25, -0.2) is 4.98 Å². The molecule has 0 saturated carbocycles. The summed E-state index contributed by atoms with van der Waals surface area (Å²) in [6.45, 7) is 2.74. The van der Waals surface area contributed by atoms with Crippen LogP contribution in [0.1, 0.15) is 18.9 Å². The Labute approximate surface area is 178 Å². The average Bonchev–Trinajstić information content (AvgIpc) is 3.23. The van der Waals surface area contributed by atoms with Crippen molar-refractivity contribution in [2.45, 2.75) is 13.3 Å². The van der Waals surface area contributed by atoms with E-state index >= 15 is 0 Å². The molecule has 1 aliphatic heterocycles. The van der Waals surface area contributed by atoms with Crippen LogP contribution in [-0.4, -0.2) is 29.9 Å². The molecule has 2 amide bonds. The van der Waals surface area contributed by atoms with Crippen LogP contribution < -0.4 is 15.0 Å². The number of aromatic nitrogens is 1. The van der Waals surface area contributed by atoms with Crippen molar-refractivity contribution >= 4 is 40.0 Å². The van der Waals surface area contributed by atoms with E-state index in [0.717, 1.165) is 28.9 Å². The Hall–Kier alpha value is -3.45. The Bertz CT molecular complexity index is 1090. The second-order valence-corrected chi connectivity index (χ2v) is 7.65. The van der Waals surface area contributed by atoms with Crippen LogP contribution in [0.25, 0.3) is 17.3 Å². The van der Waals surface area contributed by atoms with Crippen LogP contribution >= 0.6 is 11.3 Å². The van der Waals surface area contributed by atoms with Gasteiger partial charge in [0.05, 0.1) is 11.4 Å². The van der Waals surface area contributed by atoms with Crippen molar-refractivity contribution in [3.05, 3.63) is 65.6 Å². The van der Waals surface area contributed by atoms with Gasteiger partial charge in [-0.2, -0.15) is 0 Å². The second kappa shape index (κ2) is 8.92. The number of ether oxygens (including phenoxy) is 1. The summed E-state index contributed by atoms with van der Waals surface area (Å²) in [5.41, 5.74) is 3.31. The number of hydrogen-bond acceptors (Lipinski definition) is 5. The lowest BCUT2D eigenvalue weighted by atomic mass is 10.1. The van der Waals surface area contributed by atoms with Crippen molar-refractivity contribution in [1.29, 1.82) is 0 Å². The average molecular weight is 420 g/mol. The molecule has 0 radical (unpaired) electrons. The van der Waals surface area contributed by atoms with Gasteiger partial charge in [-0.15, -0.1) is 11.3 Å². The van der Waals surface area contributed by atoms with E-state index in [0.29, 0.717) is 17.4 Å². The number of anilines is 2. The van der Waals surface area contributed by atoms with E-state index in [1.165, 1.54) is 17.4 Å². The van der Waals surface area contributed by atoms with Gasteiger partial charge in [-0.3, -0.25) is 14.9 Å². The fourth-order valence-corrected chi connectivity index (χ4v) is 3.90. The minimum absolute atomic E-state index is 0.0436. The molecule has 2 aromatic carbocycles. The molecule has 2 heterocycles. The molecule has 1 aliphatic rings. The largest absolute Gasteiger partial charge is 0.482 e. The third-order valence-corrected chi connectivity index (χ3v) is 5.36. The number of nitrogens with zero attached hydrogens (tertiary/aromatic N) is 2. The quantitative estimate of drug-likeness (QED) is 0.593. The van der Waals surface area contributed by atoms with Gasteiger partial charge in [0.1, 0.15) is 5.75 Å². The molecular weight excluding hydrogens is 398 g/mol. The topological polar surface area (TPSA) is 71.5 Å². The summed E-state index contributed by atoms with van der Waals surface area (Å²) < 4.78 is 5.55. The van der Waals surface area contributed by atoms with Gasteiger partial charge < -0.3 is 9.64 Å². The van der Waals surface area contributed by atoms with Crippen LogP contribution in [0.5, 0.6) is 5.75 Å². The minimum atomic E-state index is -0.238. The van der Waals surface area contributed by atoms with Crippen molar-refractivity contribution < 1.29 is 14.3 Å². The van der Waals surface area contributed by atoms with Gasteiger partial charge in [-0.1, -0.05) is 37.3 Å². The highest BCUT2D eigenvalue weighted by Crippen LogP contribution is 2.36. The lowest BCUT2D eigenvalue weighted by molar-refractivity contribution is -0.121. The maximum absolute atomic E-state index is 12.2. The zero-order valence-corrected chi connectivity index (χ0v) is 17.3. The molecule has 0 bridgehead atoms. The van der Waals surface area contributed by atoms with Crippen molar-refractivity contribution in [3.63, 3.8) is 0 Å². The Balaban J connectivity index is 1.49. The fourth-order valence-electron chi connectivity index (χ4n) is 3.18. The zero-order chi connectivity index (χ0) is 20.9. The monoisotopic (exact) mass is 419 g/mol. The standard InChI is InChI=1S/C23H21N3O3S/c1-2-12-26-19-13-17(9-10-20(19)29-14-22(26)28)18-15-30-23(24-18)25-21(27)11-8-16-6-4-3-5-7-16/h3-11,13,15H,2,12,14H2,1H3,(H,24,25,27)/b11-8+. The zero-order valence-electron chi connectivity index (χ0n) is 16.5. The van der Waals surface area contributed by atoms with Crippen LogP contribution in [-0.2, 0) is 9.59 Å². The first-order valence-electron chi connectivity index (χ1n) is 9.71. The summed E-state index contributed by atoms with van der Waals surface area (Å²) in [7, 11) is 0. The first-order valence-corrected chi connectivity index (χ1v) is 10.6. The molecule has 0 atom stereocenters. The molecule has 0 fully saturated rings. The highest BCUT2D eigenvalue weighted by Gasteiger charge is 2.25. The number of rotatable bonds is 6. The van der Waals surface area contributed by atoms with Gasteiger partial charge in [0, 0.05) is 23.6 Å². The minimum Gasteiger partial charge on any atom is -0.482 e. The highest BCUT2D eigenvalue weighted by molar-refractivity contribution is 7.14. The predicted molar refractivity (Wildman–Crippen MR) is 120 cm³/mol. The summed E-state index contributed by atoms with van der Waals surface area (Å²) in [5.74, 6) is 0.415. The summed E-state index contributed by atoms with van der Waals surface area (Å²) in [5, 5.41) is 5.19. The molecule has 3 aromatic rings. The molecule has 1 aromatic heterocycles. The number of nitrogens with one attached hydrogen (secondary N) is 1. The van der Waals surface area contributed by atoms with E-state index in [9.17, 15) is 9.59 Å². The molecular formula is C23H21N3O3S. The molecule has 0 saturated heterocycles. The van der Waals surface area contributed by atoms with E-state index in [4.69, 9.17) is 4.74 Å². The first kappa shape index (κ1) is 19.8. The Kier molecular flexibility index (Phi) is 5.90. The number of thiazole rings is 1. The van der Waals surface area contributed by atoms with Crippen LogP contribution in [0.2, 0.25) is 0 Å². The van der Waals surface area contributed by atoms with Gasteiger partial charge >= 0.3 is 0 Å². The molecule has 4 rings (SSSR count). The van der Waals surface area contributed by atoms with E-state index in [1.807, 2.05) is 60.8 Å². The van der Waals surface area contributed by atoms with E-state index in [2.05, 4.69) is 10.3 Å². The van der Waals surface area contributed by atoms with E-state index in [-0.39, 0.29) is 18.4 Å². The normalized spacial score (nSPS) is 13.2. The van der Waals surface area contributed by atoms with Gasteiger partial charge in [0.15, 0.2) is 11.7 Å². The number of carbonyl (C=O) groups excluding carboxylic acids is 2. The lowest BCUT2D eigenvalue weighted by Gasteiger charge is -2.29. The molecule has 0 spiro atoms. The first-order chi connectivity index (χ1) is 14.6. The molecule has 0 aliphatic carbocycles. The smallest absolute Gasteiger partial charge is 0.265 e. The van der Waals surface area contributed by atoms with Gasteiger partial charge in [0.25, 0.3) is 5.91 Å². The highest BCUT2D eigenvalue weighted by atomic mass is 32.1. The van der Waals surface area contributed by atoms with Gasteiger partial charge in [-0.05, 0) is 36.3 Å². The molecule has 0 unspecified atom stereocenters. The molecule has 7 heteroatoms. The number of fused-ring (bicyclic) bond motifs is 1. The number of amides is 2. The predicted octanol–water partition coefficient (Wildman–Crippen LogP) is 4.60. The number of carbonyl (C=O) groups is 2. The summed E-state index contributed by atoms with van der Waals surface area (Å²) in [6, 6.07) is 15.3. The Morgan fingerprint density at radius 1 is 1.27 bits per heavy atom. The summed E-state index contributed by atoms with van der Waals surface area (Å²) >= 11 is 1.35. The maximum atomic E-state index is 12.2. The second-order valence-electron chi connectivity index (χ2n) is 6.79. The maximum Gasteiger partial charge on any atom is 0.265 e. The van der Waals surface area contributed by atoms with E-state index in [1.54, 1.807) is 11.0 Å². The van der Waals surface area contributed by atoms with Crippen LogP contribution in [0, 0.1) is 0 Å². The van der Waals surface area contributed by atoms with Crippen molar-refractivity contribution in [2.24, 2.45) is 0 Å². The SMILES string of the molecule is CCCN1C(=O)COc2ccc(-c3csc(NC(=O)/C=C/c4ccccc4)n3)cc21. The number of benzene rings is 2. The molecule has 1 N–H and O–H groups in total. The Morgan fingerprint density at radius 3 is 2.90 bits per heavy atom. The molecule has 30 heavy (non-hydrogen) atoms. The van der Waals surface area contributed by atoms with Crippen LogP contribution in [0.3, 0.4) is 0 Å². The fraction of sp³-hybridized carbons (Fsp3) is 0.174. The summed E-state index contributed by atoms with van der Waals surface area (Å²) in [4.78, 5) is 30.7. The van der Waals surface area contributed by atoms with Crippen molar-refractivity contribution in [3.8, 4) is 17.0 Å². The lowest BCUT2D eigenvalue weighted by Crippen LogP contribution is -2.39. The van der Waals surface area contributed by atoms with Crippen LogP contribution in [0.15, 0.2) is 60.0 Å². The Morgan fingerprint density at radius 2 is 2.10 bits per heavy atom. The molecule has 6 nitrogen and oxygen atoms in total. The third kappa shape index (κ3) is 4.41. The van der Waals surface area contributed by atoms with Crippen molar-refractivity contribution in [2.75, 3.05) is 23.4 Å². The van der Waals surface area contributed by atoms with Crippen LogP contribution in [0.4, 0.5) is 10.8 Å². The number of hydrogen-bond donors (Lipinski definition) is 1. The van der Waals surface area contributed by atoms with Crippen molar-refractivity contribution in [1.82, 2.24) is 4.98 Å². The summed E-state index contributed by atoms with van der Waals surface area (Å²) in [6.07, 6.45) is 4.10. The van der Waals surface area contributed by atoms with Gasteiger partial charge in [0.2, 0.25) is 5.91 Å².